The second-order valence-corrected chi connectivity index (χ2v) is 6.69. The summed E-state index contributed by atoms with van der Waals surface area (Å²) in [5.41, 5.74) is 5.31. The lowest BCUT2D eigenvalue weighted by Crippen LogP contribution is -2.43. The van der Waals surface area contributed by atoms with Crippen molar-refractivity contribution in [3.63, 3.8) is 0 Å². The molecule has 8 heteroatoms. The molecule has 2 aromatic carbocycles. The Hall–Kier alpha value is -2.54. The van der Waals surface area contributed by atoms with Crippen molar-refractivity contribution >= 4 is 28.9 Å². The maximum absolute atomic E-state index is 12.7. The first kappa shape index (κ1) is 18.3. The average molecular weight is 382 g/mol. The largest absolute Gasteiger partial charge is 0.416 e. The number of carbonyl (C=O) groups excluding carboxylic acids is 1. The predicted molar refractivity (Wildman–Crippen MR) is 94.1 cm³/mol. The van der Waals surface area contributed by atoms with Crippen molar-refractivity contribution in [2.45, 2.75) is 13.1 Å². The maximum atomic E-state index is 12.7. The van der Waals surface area contributed by atoms with Gasteiger partial charge in [-0.25, -0.2) is 0 Å². The van der Waals surface area contributed by atoms with Gasteiger partial charge in [0, 0.05) is 5.02 Å². The molecule has 0 saturated carbocycles. The zero-order valence-electron chi connectivity index (χ0n) is 13.7. The van der Waals surface area contributed by atoms with Crippen molar-refractivity contribution in [1.29, 1.82) is 0 Å². The second kappa shape index (κ2) is 6.32. The zero-order valence-corrected chi connectivity index (χ0v) is 14.5. The molecule has 0 spiro atoms. The van der Waals surface area contributed by atoms with Gasteiger partial charge in [0.2, 0.25) is 5.91 Å². The lowest BCUT2D eigenvalue weighted by Gasteiger charge is -2.23. The number of anilines is 1. The van der Waals surface area contributed by atoms with E-state index in [1.54, 1.807) is 31.2 Å². The molecule has 4 nitrogen and oxygen atoms in total. The molecule has 0 radical (unpaired) electrons. The van der Waals surface area contributed by atoms with Crippen molar-refractivity contribution in [3.8, 4) is 0 Å². The number of primary amides is 1. The van der Waals surface area contributed by atoms with Crippen molar-refractivity contribution < 1.29 is 18.0 Å². The van der Waals surface area contributed by atoms with E-state index in [9.17, 15) is 18.0 Å². The van der Waals surface area contributed by atoms with Gasteiger partial charge in [-0.1, -0.05) is 23.7 Å². The number of hydrazone groups is 1. The molecule has 0 aliphatic carbocycles. The number of amides is 1. The standard InChI is InChI=1S/C18H15ClF3N3O/c1-17(16(23)26)10-25(14-8-4-12(5-9-14)18(20,21)22)24-15(17)11-2-6-13(19)7-3-11/h2-9H,10H2,1H3,(H2,23,26). The third-order valence-electron chi connectivity index (χ3n) is 4.36. The fourth-order valence-electron chi connectivity index (χ4n) is 2.79. The van der Waals surface area contributed by atoms with Crippen molar-refractivity contribution in [3.05, 3.63) is 64.7 Å². The minimum Gasteiger partial charge on any atom is -0.369 e. The number of halogens is 4. The molecule has 2 aromatic rings. The summed E-state index contributed by atoms with van der Waals surface area (Å²) in [6.07, 6.45) is -4.41. The lowest BCUT2D eigenvalue weighted by molar-refractivity contribution is -0.137. The smallest absolute Gasteiger partial charge is 0.369 e. The second-order valence-electron chi connectivity index (χ2n) is 6.25. The van der Waals surface area contributed by atoms with Crippen LogP contribution in [0.15, 0.2) is 53.6 Å². The predicted octanol–water partition coefficient (Wildman–Crippen LogP) is 4.07. The van der Waals surface area contributed by atoms with Crippen LogP contribution in [0.25, 0.3) is 0 Å². The Morgan fingerprint density at radius 1 is 1.15 bits per heavy atom. The molecule has 1 heterocycles. The molecule has 1 aliphatic heterocycles. The van der Waals surface area contributed by atoms with E-state index in [2.05, 4.69) is 5.10 Å². The fourth-order valence-corrected chi connectivity index (χ4v) is 2.92. The van der Waals surface area contributed by atoms with Crippen LogP contribution in [0, 0.1) is 5.41 Å². The van der Waals surface area contributed by atoms with Crippen molar-refractivity contribution in [2.75, 3.05) is 11.6 Å². The molecule has 26 heavy (non-hydrogen) atoms. The first-order valence-corrected chi connectivity index (χ1v) is 8.09. The lowest BCUT2D eigenvalue weighted by atomic mass is 9.81. The number of alkyl halides is 3. The van der Waals surface area contributed by atoms with E-state index in [1.807, 2.05) is 0 Å². The van der Waals surface area contributed by atoms with Gasteiger partial charge < -0.3 is 5.73 Å². The highest BCUT2D eigenvalue weighted by Crippen LogP contribution is 2.36. The summed E-state index contributed by atoms with van der Waals surface area (Å²) in [4.78, 5) is 12.1. The third-order valence-corrected chi connectivity index (χ3v) is 4.62. The molecule has 0 saturated heterocycles. The van der Waals surface area contributed by atoms with Crippen LogP contribution < -0.4 is 10.7 Å². The normalized spacial score (nSPS) is 20.2. The maximum Gasteiger partial charge on any atom is 0.416 e. The summed E-state index contributed by atoms with van der Waals surface area (Å²) in [6, 6.07) is 11.4. The molecule has 1 amide bonds. The van der Waals surface area contributed by atoms with E-state index >= 15 is 0 Å². The molecule has 136 valence electrons. The molecule has 1 unspecified atom stereocenters. The van der Waals surface area contributed by atoms with Gasteiger partial charge in [-0.15, -0.1) is 0 Å². The Labute approximate surface area is 153 Å². The highest BCUT2D eigenvalue weighted by molar-refractivity contribution is 6.30. The summed E-state index contributed by atoms with van der Waals surface area (Å²) >= 11 is 5.89. The number of hydrogen-bond acceptors (Lipinski definition) is 3. The fraction of sp³-hybridized carbons (Fsp3) is 0.222. The van der Waals surface area contributed by atoms with Crippen LogP contribution in [-0.2, 0) is 11.0 Å². The first-order valence-electron chi connectivity index (χ1n) is 7.71. The van der Waals surface area contributed by atoms with Gasteiger partial charge in [-0.3, -0.25) is 9.80 Å². The van der Waals surface area contributed by atoms with Crippen LogP contribution >= 0.6 is 11.6 Å². The van der Waals surface area contributed by atoms with Gasteiger partial charge in [0.25, 0.3) is 0 Å². The van der Waals surface area contributed by atoms with Gasteiger partial charge in [-0.2, -0.15) is 18.3 Å². The minimum atomic E-state index is -4.41. The molecule has 0 fully saturated rings. The summed E-state index contributed by atoms with van der Waals surface area (Å²) < 4.78 is 38.2. The van der Waals surface area contributed by atoms with E-state index in [4.69, 9.17) is 17.3 Å². The van der Waals surface area contributed by atoms with Crippen LogP contribution in [0.5, 0.6) is 0 Å². The highest BCUT2D eigenvalue weighted by atomic mass is 35.5. The third kappa shape index (κ3) is 3.26. The molecule has 1 aliphatic rings. The minimum absolute atomic E-state index is 0.131. The van der Waals surface area contributed by atoms with Crippen molar-refractivity contribution in [2.24, 2.45) is 16.3 Å². The van der Waals surface area contributed by atoms with Crippen LogP contribution in [0.3, 0.4) is 0 Å². The average Bonchev–Trinajstić information content (AvgIpc) is 2.94. The zero-order chi connectivity index (χ0) is 19.1. The first-order chi connectivity index (χ1) is 12.1. The van der Waals surface area contributed by atoms with Gasteiger partial charge in [0.05, 0.1) is 23.5 Å². The molecule has 2 N–H and O–H groups in total. The number of rotatable bonds is 3. The Kier molecular flexibility index (Phi) is 4.44. The topological polar surface area (TPSA) is 58.7 Å². The van der Waals surface area contributed by atoms with Gasteiger partial charge in [0.1, 0.15) is 5.41 Å². The summed E-state index contributed by atoms with van der Waals surface area (Å²) in [7, 11) is 0. The van der Waals surface area contributed by atoms with Gasteiger partial charge >= 0.3 is 6.18 Å². The molecule has 0 bridgehead atoms. The number of hydrogen-bond donors (Lipinski definition) is 1. The molecular weight excluding hydrogens is 367 g/mol. The number of nitrogens with zero attached hydrogens (tertiary/aromatic N) is 2. The van der Waals surface area contributed by atoms with Gasteiger partial charge in [-0.05, 0) is 48.9 Å². The van der Waals surface area contributed by atoms with E-state index in [0.717, 1.165) is 12.1 Å². The summed E-state index contributed by atoms with van der Waals surface area (Å²) in [5, 5.41) is 6.47. The Bertz CT molecular complexity index is 863. The Balaban J connectivity index is 1.99. The molecule has 1 atom stereocenters. The number of carbonyl (C=O) groups is 1. The monoisotopic (exact) mass is 381 g/mol. The van der Waals surface area contributed by atoms with Crippen LogP contribution in [0.2, 0.25) is 5.02 Å². The van der Waals surface area contributed by atoms with E-state index < -0.39 is 23.1 Å². The Morgan fingerprint density at radius 2 is 1.73 bits per heavy atom. The molecule has 3 rings (SSSR count). The highest BCUT2D eigenvalue weighted by Gasteiger charge is 2.44. The quantitative estimate of drug-likeness (QED) is 0.871. The molecule has 0 aromatic heterocycles. The Morgan fingerprint density at radius 3 is 2.23 bits per heavy atom. The van der Waals surface area contributed by atoms with Crippen LogP contribution in [0.1, 0.15) is 18.1 Å². The van der Waals surface area contributed by atoms with E-state index in [0.29, 0.717) is 22.0 Å². The number of nitrogens with two attached hydrogens (primary N) is 1. The van der Waals surface area contributed by atoms with Gasteiger partial charge in [0.15, 0.2) is 0 Å². The van der Waals surface area contributed by atoms with Crippen molar-refractivity contribution in [1.82, 2.24) is 0 Å². The van der Waals surface area contributed by atoms with Crippen LogP contribution in [0.4, 0.5) is 18.9 Å². The SMILES string of the molecule is CC1(C(N)=O)CN(c2ccc(C(F)(F)F)cc2)N=C1c1ccc(Cl)cc1. The molecular formula is C18H15ClF3N3O. The van der Waals surface area contributed by atoms with E-state index in [1.165, 1.54) is 17.1 Å². The summed E-state index contributed by atoms with van der Waals surface area (Å²) in [6.45, 7) is 1.79. The van der Waals surface area contributed by atoms with Crippen LogP contribution in [-0.4, -0.2) is 18.2 Å². The summed E-state index contributed by atoms with van der Waals surface area (Å²) in [5.74, 6) is -0.569. The van der Waals surface area contributed by atoms with E-state index in [-0.39, 0.29) is 6.54 Å². The number of benzene rings is 2.